The molecular weight excluding hydrogens is 274 g/mol. The maximum Gasteiger partial charge on any atom is 0.173 e. The van der Waals surface area contributed by atoms with Gasteiger partial charge in [-0.25, -0.2) is 4.98 Å². The number of H-pyrrole nitrogens is 1. The van der Waals surface area contributed by atoms with Crippen LogP contribution in [0.4, 0.5) is 5.69 Å². The van der Waals surface area contributed by atoms with Crippen molar-refractivity contribution in [3.63, 3.8) is 0 Å². The first kappa shape index (κ1) is 14.4. The Hall–Kier alpha value is -2.06. The Morgan fingerprint density at radius 3 is 2.65 bits per heavy atom. The van der Waals surface area contributed by atoms with Gasteiger partial charge in [-0.1, -0.05) is 25.4 Å². The van der Waals surface area contributed by atoms with Crippen molar-refractivity contribution in [3.8, 4) is 6.07 Å². The van der Waals surface area contributed by atoms with Gasteiger partial charge in [-0.15, -0.1) is 0 Å². The lowest BCUT2D eigenvalue weighted by molar-refractivity contribution is 0.523. The van der Waals surface area contributed by atoms with E-state index in [1.54, 1.807) is 12.1 Å². The number of benzene rings is 1. The minimum atomic E-state index is -0.0241. The number of aromatic nitrogens is 3. The van der Waals surface area contributed by atoms with E-state index < -0.39 is 0 Å². The molecule has 0 aliphatic heterocycles. The van der Waals surface area contributed by atoms with Crippen molar-refractivity contribution in [2.24, 2.45) is 5.92 Å². The van der Waals surface area contributed by atoms with Crippen LogP contribution in [0.2, 0.25) is 5.02 Å². The van der Waals surface area contributed by atoms with Crippen LogP contribution in [-0.2, 0) is 0 Å². The predicted molar refractivity (Wildman–Crippen MR) is 78.5 cm³/mol. The molecule has 2 rings (SSSR count). The second-order valence-corrected chi connectivity index (χ2v) is 5.36. The number of rotatable bonds is 4. The number of halogens is 1. The van der Waals surface area contributed by atoms with Crippen molar-refractivity contribution in [1.29, 1.82) is 5.26 Å². The van der Waals surface area contributed by atoms with Crippen LogP contribution in [0.25, 0.3) is 0 Å². The average molecular weight is 290 g/mol. The summed E-state index contributed by atoms with van der Waals surface area (Å²) in [5, 5.41) is 19.7. The van der Waals surface area contributed by atoms with Crippen LogP contribution in [0.5, 0.6) is 0 Å². The topological polar surface area (TPSA) is 77.4 Å². The molecule has 1 aromatic heterocycles. The van der Waals surface area contributed by atoms with Crippen molar-refractivity contribution in [3.05, 3.63) is 40.4 Å². The number of nitriles is 1. The van der Waals surface area contributed by atoms with Gasteiger partial charge in [0.15, 0.2) is 5.82 Å². The van der Waals surface area contributed by atoms with Crippen LogP contribution in [0.1, 0.15) is 37.1 Å². The van der Waals surface area contributed by atoms with Gasteiger partial charge in [0.05, 0.1) is 16.6 Å². The zero-order chi connectivity index (χ0) is 14.7. The molecule has 0 aliphatic carbocycles. The molecule has 1 atom stereocenters. The van der Waals surface area contributed by atoms with Gasteiger partial charge in [0.2, 0.25) is 0 Å². The summed E-state index contributed by atoms with van der Waals surface area (Å²) in [7, 11) is 0. The molecule has 0 spiro atoms. The molecule has 20 heavy (non-hydrogen) atoms. The first-order chi connectivity index (χ1) is 9.51. The minimum absolute atomic E-state index is 0.0241. The highest BCUT2D eigenvalue weighted by molar-refractivity contribution is 6.32. The van der Waals surface area contributed by atoms with Crippen LogP contribution < -0.4 is 5.32 Å². The van der Waals surface area contributed by atoms with E-state index in [0.29, 0.717) is 16.5 Å². The van der Waals surface area contributed by atoms with Crippen LogP contribution in [0.3, 0.4) is 0 Å². The lowest BCUT2D eigenvalue weighted by atomic mass is 10.0. The smallest absolute Gasteiger partial charge is 0.173 e. The molecule has 6 heteroatoms. The molecule has 1 unspecified atom stereocenters. The molecule has 0 amide bonds. The maximum atomic E-state index is 8.88. The Labute approximate surface area is 123 Å². The molecule has 0 aliphatic rings. The molecule has 5 nitrogen and oxygen atoms in total. The molecule has 104 valence electrons. The molecule has 2 N–H and O–H groups in total. The first-order valence-corrected chi connectivity index (χ1v) is 6.74. The van der Waals surface area contributed by atoms with E-state index in [1.807, 2.05) is 19.1 Å². The summed E-state index contributed by atoms with van der Waals surface area (Å²) in [6, 6.07) is 7.30. The summed E-state index contributed by atoms with van der Waals surface area (Å²) in [6.07, 6.45) is 0. The van der Waals surface area contributed by atoms with Gasteiger partial charge in [0.25, 0.3) is 0 Å². The molecular formula is C14H16ClN5. The molecule has 0 radical (unpaired) electrons. The summed E-state index contributed by atoms with van der Waals surface area (Å²) >= 11 is 6.04. The highest BCUT2D eigenvalue weighted by Crippen LogP contribution is 2.27. The number of nitrogens with one attached hydrogen (secondary N) is 2. The first-order valence-electron chi connectivity index (χ1n) is 6.36. The summed E-state index contributed by atoms with van der Waals surface area (Å²) in [6.45, 7) is 6.05. The second kappa shape index (κ2) is 5.93. The van der Waals surface area contributed by atoms with Gasteiger partial charge >= 0.3 is 0 Å². The van der Waals surface area contributed by atoms with E-state index in [-0.39, 0.29) is 6.04 Å². The van der Waals surface area contributed by atoms with Gasteiger partial charge < -0.3 is 5.32 Å². The van der Waals surface area contributed by atoms with Gasteiger partial charge in [0, 0.05) is 5.69 Å². The molecule has 0 fully saturated rings. The normalized spacial score (nSPS) is 12.2. The number of hydrogen-bond donors (Lipinski definition) is 2. The van der Waals surface area contributed by atoms with Crippen molar-refractivity contribution in [2.45, 2.75) is 26.8 Å². The van der Waals surface area contributed by atoms with Gasteiger partial charge in [-0.2, -0.15) is 10.4 Å². The zero-order valence-electron chi connectivity index (χ0n) is 11.6. The lowest BCUT2D eigenvalue weighted by Crippen LogP contribution is -2.18. The van der Waals surface area contributed by atoms with Gasteiger partial charge in [0.1, 0.15) is 11.9 Å². The van der Waals surface area contributed by atoms with E-state index in [0.717, 1.165) is 17.3 Å². The maximum absolute atomic E-state index is 8.88. The van der Waals surface area contributed by atoms with E-state index >= 15 is 0 Å². The summed E-state index contributed by atoms with van der Waals surface area (Å²) in [4.78, 5) is 4.37. The van der Waals surface area contributed by atoms with Crippen LogP contribution in [0, 0.1) is 24.2 Å². The highest BCUT2D eigenvalue weighted by atomic mass is 35.5. The fraction of sp³-hybridized carbons (Fsp3) is 0.357. The Bertz CT molecular complexity index is 641. The third-order valence-corrected chi connectivity index (χ3v) is 3.28. The molecule has 1 heterocycles. The number of aryl methyl sites for hydroxylation is 1. The SMILES string of the molecule is Cc1nc(C(Nc2ccc(C#N)c(Cl)c2)C(C)C)n[nH]1. The van der Waals surface area contributed by atoms with E-state index in [1.165, 1.54) is 0 Å². The highest BCUT2D eigenvalue weighted by Gasteiger charge is 2.20. The number of anilines is 1. The van der Waals surface area contributed by atoms with Crippen LogP contribution in [-0.4, -0.2) is 15.2 Å². The summed E-state index contributed by atoms with van der Waals surface area (Å²) in [5.41, 5.74) is 1.31. The molecule has 0 saturated heterocycles. The Morgan fingerprint density at radius 1 is 1.40 bits per heavy atom. The zero-order valence-corrected chi connectivity index (χ0v) is 12.4. The fourth-order valence-electron chi connectivity index (χ4n) is 1.90. The molecule has 2 aromatic rings. The van der Waals surface area contributed by atoms with Gasteiger partial charge in [-0.3, -0.25) is 5.10 Å². The molecule has 0 saturated carbocycles. The lowest BCUT2D eigenvalue weighted by Gasteiger charge is -2.20. The Kier molecular flexibility index (Phi) is 4.26. The predicted octanol–water partition coefficient (Wildman–Crippen LogP) is 3.45. The third kappa shape index (κ3) is 3.09. The monoisotopic (exact) mass is 289 g/mol. The standard InChI is InChI=1S/C14H16ClN5/c1-8(2)13(14-17-9(3)19-20-14)18-11-5-4-10(7-16)12(15)6-11/h4-6,8,13,18H,1-3H3,(H,17,19,20). The number of hydrogen-bond acceptors (Lipinski definition) is 4. The average Bonchev–Trinajstić information content (AvgIpc) is 2.82. The van der Waals surface area contributed by atoms with Crippen molar-refractivity contribution < 1.29 is 0 Å². The van der Waals surface area contributed by atoms with Crippen LogP contribution in [0.15, 0.2) is 18.2 Å². The quantitative estimate of drug-likeness (QED) is 0.904. The minimum Gasteiger partial charge on any atom is -0.375 e. The summed E-state index contributed by atoms with van der Waals surface area (Å²) < 4.78 is 0. The molecule has 0 bridgehead atoms. The largest absolute Gasteiger partial charge is 0.375 e. The van der Waals surface area contributed by atoms with Crippen molar-refractivity contribution in [2.75, 3.05) is 5.32 Å². The Balaban J connectivity index is 2.25. The number of aromatic amines is 1. The van der Waals surface area contributed by atoms with Gasteiger partial charge in [-0.05, 0) is 31.0 Å². The number of nitrogens with zero attached hydrogens (tertiary/aromatic N) is 3. The van der Waals surface area contributed by atoms with Crippen molar-refractivity contribution in [1.82, 2.24) is 15.2 Å². The Morgan fingerprint density at radius 2 is 2.15 bits per heavy atom. The second-order valence-electron chi connectivity index (χ2n) is 4.95. The van der Waals surface area contributed by atoms with Crippen molar-refractivity contribution >= 4 is 17.3 Å². The fourth-order valence-corrected chi connectivity index (χ4v) is 2.13. The third-order valence-electron chi connectivity index (χ3n) is 2.97. The molecule has 1 aromatic carbocycles. The van der Waals surface area contributed by atoms with E-state index in [4.69, 9.17) is 16.9 Å². The van der Waals surface area contributed by atoms with E-state index in [2.05, 4.69) is 34.3 Å². The summed E-state index contributed by atoms with van der Waals surface area (Å²) in [5.74, 6) is 1.81. The van der Waals surface area contributed by atoms with Crippen LogP contribution >= 0.6 is 11.6 Å². The van der Waals surface area contributed by atoms with E-state index in [9.17, 15) is 0 Å².